The Kier molecular flexibility index (Phi) is 2.36. The molecular formula is C9H14N2OS. The predicted octanol–water partition coefficient (Wildman–Crippen LogP) is 1.63. The van der Waals surface area contributed by atoms with Crippen molar-refractivity contribution in [1.29, 1.82) is 0 Å². The predicted molar refractivity (Wildman–Crippen MR) is 52.5 cm³/mol. The maximum atomic E-state index is 5.54. The van der Waals surface area contributed by atoms with Crippen LogP contribution in [-0.2, 0) is 16.9 Å². The first-order valence-corrected chi connectivity index (χ1v) is 5.33. The minimum Gasteiger partial charge on any atom is -0.371 e. The second kappa shape index (κ2) is 3.36. The van der Waals surface area contributed by atoms with Gasteiger partial charge in [0.25, 0.3) is 0 Å². The summed E-state index contributed by atoms with van der Waals surface area (Å²) in [5, 5.41) is 1.10. The van der Waals surface area contributed by atoms with Crippen LogP contribution < -0.4 is 5.73 Å². The van der Waals surface area contributed by atoms with E-state index in [0.29, 0.717) is 6.54 Å². The Labute approximate surface area is 81.9 Å². The van der Waals surface area contributed by atoms with E-state index in [1.165, 1.54) is 6.42 Å². The molecule has 1 aromatic rings. The second-order valence-electron chi connectivity index (χ2n) is 3.39. The Hall–Kier alpha value is -0.450. The molecule has 0 bridgehead atoms. The van der Waals surface area contributed by atoms with Gasteiger partial charge >= 0.3 is 0 Å². The third-order valence-corrected chi connectivity index (χ3v) is 3.90. The molecule has 1 aliphatic carbocycles. The molecule has 0 radical (unpaired) electrons. The van der Waals surface area contributed by atoms with Gasteiger partial charge in [0.15, 0.2) is 0 Å². The first-order chi connectivity index (χ1) is 6.30. The van der Waals surface area contributed by atoms with Crippen LogP contribution in [0.3, 0.4) is 0 Å². The molecule has 3 nitrogen and oxygen atoms in total. The van der Waals surface area contributed by atoms with E-state index in [0.717, 1.165) is 22.7 Å². The van der Waals surface area contributed by atoms with Gasteiger partial charge in [-0.15, -0.1) is 11.3 Å². The summed E-state index contributed by atoms with van der Waals surface area (Å²) < 4.78 is 5.52. The fraction of sp³-hybridized carbons (Fsp3) is 0.667. The molecule has 72 valence electrons. The molecule has 0 unspecified atom stereocenters. The number of thiazole rings is 1. The van der Waals surface area contributed by atoms with Crippen LogP contribution >= 0.6 is 11.3 Å². The zero-order chi connectivity index (χ0) is 9.31. The molecule has 2 rings (SSSR count). The average Bonchev–Trinajstić information content (AvgIpc) is 2.52. The topological polar surface area (TPSA) is 48.1 Å². The maximum absolute atomic E-state index is 5.54. The largest absolute Gasteiger partial charge is 0.371 e. The van der Waals surface area contributed by atoms with Gasteiger partial charge in [0.1, 0.15) is 10.6 Å². The first kappa shape index (κ1) is 9.12. The maximum Gasteiger partial charge on any atom is 0.125 e. The molecule has 13 heavy (non-hydrogen) atoms. The van der Waals surface area contributed by atoms with E-state index in [1.807, 2.05) is 6.20 Å². The Balaban J connectivity index is 2.23. The monoisotopic (exact) mass is 198 g/mol. The molecule has 1 heterocycles. The van der Waals surface area contributed by atoms with Crippen LogP contribution in [-0.4, -0.2) is 12.1 Å². The Morgan fingerprint density at radius 1 is 1.69 bits per heavy atom. The zero-order valence-corrected chi connectivity index (χ0v) is 8.56. The number of rotatable bonds is 3. The molecule has 0 atom stereocenters. The van der Waals surface area contributed by atoms with Crippen LogP contribution in [0.4, 0.5) is 0 Å². The van der Waals surface area contributed by atoms with Crippen LogP contribution in [0.5, 0.6) is 0 Å². The standard InChI is InChI=1S/C9H14N2OS/c1-12-9(3-2-4-9)8-11-6-7(5-10)13-8/h6H,2-5,10H2,1H3. The van der Waals surface area contributed by atoms with Gasteiger partial charge in [-0.2, -0.15) is 0 Å². The molecule has 2 N–H and O–H groups in total. The summed E-state index contributed by atoms with van der Waals surface area (Å²) in [7, 11) is 1.77. The van der Waals surface area contributed by atoms with Crippen LogP contribution in [0.2, 0.25) is 0 Å². The molecule has 0 spiro atoms. The summed E-state index contributed by atoms with van der Waals surface area (Å²) in [4.78, 5) is 5.50. The van der Waals surface area contributed by atoms with Crippen LogP contribution in [0.1, 0.15) is 29.1 Å². The highest BCUT2D eigenvalue weighted by Crippen LogP contribution is 2.45. The van der Waals surface area contributed by atoms with Crippen molar-refractivity contribution in [3.8, 4) is 0 Å². The lowest BCUT2D eigenvalue weighted by Crippen LogP contribution is -2.35. The van der Waals surface area contributed by atoms with Crippen LogP contribution in [0.15, 0.2) is 6.20 Å². The lowest BCUT2D eigenvalue weighted by molar-refractivity contribution is -0.0779. The normalized spacial score (nSPS) is 19.8. The van der Waals surface area contributed by atoms with Crippen molar-refractivity contribution in [3.05, 3.63) is 16.1 Å². The van der Waals surface area contributed by atoms with Gasteiger partial charge in [-0.05, 0) is 19.3 Å². The van der Waals surface area contributed by atoms with E-state index in [1.54, 1.807) is 18.4 Å². The molecule has 4 heteroatoms. The SMILES string of the molecule is COC1(c2ncc(CN)s2)CCC1. The number of nitrogens with two attached hydrogens (primary N) is 1. The highest BCUT2D eigenvalue weighted by molar-refractivity contribution is 7.11. The zero-order valence-electron chi connectivity index (χ0n) is 7.75. The smallest absolute Gasteiger partial charge is 0.125 e. The minimum atomic E-state index is -0.0713. The van der Waals surface area contributed by atoms with Gasteiger partial charge in [0.2, 0.25) is 0 Å². The lowest BCUT2D eigenvalue weighted by atomic mass is 9.80. The van der Waals surface area contributed by atoms with Crippen molar-refractivity contribution in [2.45, 2.75) is 31.4 Å². The Morgan fingerprint density at radius 3 is 2.85 bits per heavy atom. The lowest BCUT2D eigenvalue weighted by Gasteiger charge is -2.38. The van der Waals surface area contributed by atoms with Gasteiger partial charge in [0.05, 0.1) is 0 Å². The highest BCUT2D eigenvalue weighted by Gasteiger charge is 2.41. The van der Waals surface area contributed by atoms with Crippen LogP contribution in [0, 0.1) is 0 Å². The summed E-state index contributed by atoms with van der Waals surface area (Å²) >= 11 is 1.68. The summed E-state index contributed by atoms with van der Waals surface area (Å²) in [6, 6.07) is 0. The van der Waals surface area contributed by atoms with E-state index in [2.05, 4.69) is 4.98 Å². The van der Waals surface area contributed by atoms with Gasteiger partial charge < -0.3 is 10.5 Å². The molecule has 1 aliphatic rings. The first-order valence-electron chi connectivity index (χ1n) is 4.51. The summed E-state index contributed by atoms with van der Waals surface area (Å²) in [5.41, 5.74) is 5.47. The molecule has 0 saturated heterocycles. The summed E-state index contributed by atoms with van der Waals surface area (Å²) in [5.74, 6) is 0. The van der Waals surface area contributed by atoms with E-state index >= 15 is 0 Å². The third kappa shape index (κ3) is 1.39. The molecular weight excluding hydrogens is 184 g/mol. The fourth-order valence-electron chi connectivity index (χ4n) is 1.62. The highest BCUT2D eigenvalue weighted by atomic mass is 32.1. The number of hydrogen-bond donors (Lipinski definition) is 1. The van der Waals surface area contributed by atoms with Crippen molar-refractivity contribution in [2.24, 2.45) is 5.73 Å². The molecule has 1 fully saturated rings. The quantitative estimate of drug-likeness (QED) is 0.803. The molecule has 1 aromatic heterocycles. The number of methoxy groups -OCH3 is 1. The summed E-state index contributed by atoms with van der Waals surface area (Å²) in [6.07, 6.45) is 5.30. The Morgan fingerprint density at radius 2 is 2.46 bits per heavy atom. The van der Waals surface area contributed by atoms with Crippen molar-refractivity contribution < 1.29 is 4.74 Å². The molecule has 1 saturated carbocycles. The average molecular weight is 198 g/mol. The van der Waals surface area contributed by atoms with E-state index in [9.17, 15) is 0 Å². The van der Waals surface area contributed by atoms with Crippen LogP contribution in [0.25, 0.3) is 0 Å². The molecule has 0 aromatic carbocycles. The summed E-state index contributed by atoms with van der Waals surface area (Å²) in [6.45, 7) is 0.581. The number of ether oxygens (including phenoxy) is 1. The molecule has 0 aliphatic heterocycles. The van der Waals surface area contributed by atoms with Gasteiger partial charge in [0, 0.05) is 24.7 Å². The van der Waals surface area contributed by atoms with E-state index in [-0.39, 0.29) is 5.60 Å². The van der Waals surface area contributed by atoms with Gasteiger partial charge in [-0.25, -0.2) is 4.98 Å². The van der Waals surface area contributed by atoms with Crippen molar-refractivity contribution in [3.63, 3.8) is 0 Å². The second-order valence-corrected chi connectivity index (χ2v) is 4.50. The number of aromatic nitrogens is 1. The van der Waals surface area contributed by atoms with Crippen molar-refractivity contribution >= 4 is 11.3 Å². The van der Waals surface area contributed by atoms with E-state index in [4.69, 9.17) is 10.5 Å². The number of hydrogen-bond acceptors (Lipinski definition) is 4. The van der Waals surface area contributed by atoms with Crippen molar-refractivity contribution in [2.75, 3.05) is 7.11 Å². The van der Waals surface area contributed by atoms with E-state index < -0.39 is 0 Å². The third-order valence-electron chi connectivity index (χ3n) is 2.70. The van der Waals surface area contributed by atoms with Crippen molar-refractivity contribution in [1.82, 2.24) is 4.98 Å². The Bertz CT molecular complexity index is 288. The van der Waals surface area contributed by atoms with Gasteiger partial charge in [-0.3, -0.25) is 0 Å². The minimum absolute atomic E-state index is 0.0713. The fourth-order valence-corrected chi connectivity index (χ4v) is 2.63. The van der Waals surface area contributed by atoms with Gasteiger partial charge in [-0.1, -0.05) is 0 Å². The number of nitrogens with zero attached hydrogens (tertiary/aromatic N) is 1. The molecule has 0 amide bonds.